The molecule has 5 rings (SSSR count). The fraction of sp³-hybridized carbons (Fsp3) is 0.350. The molecule has 9 heteroatoms. The van der Waals surface area contributed by atoms with E-state index in [0.29, 0.717) is 22.6 Å². The summed E-state index contributed by atoms with van der Waals surface area (Å²) >= 11 is 2.98. The van der Waals surface area contributed by atoms with Crippen LogP contribution in [0.1, 0.15) is 30.2 Å². The first-order valence-electron chi connectivity index (χ1n) is 9.67. The fourth-order valence-corrected chi connectivity index (χ4v) is 6.08. The van der Waals surface area contributed by atoms with E-state index in [1.165, 1.54) is 33.3 Å². The minimum absolute atomic E-state index is 0.0244. The fourth-order valence-electron chi connectivity index (χ4n) is 3.84. The van der Waals surface area contributed by atoms with Gasteiger partial charge in [0.25, 0.3) is 11.1 Å². The summed E-state index contributed by atoms with van der Waals surface area (Å²) in [6, 6.07) is 7.15. The number of nitrogens with zero attached hydrogens (tertiary/aromatic N) is 5. The minimum atomic E-state index is -0.193. The van der Waals surface area contributed by atoms with Gasteiger partial charge < -0.3 is 0 Å². The van der Waals surface area contributed by atoms with E-state index in [1.54, 1.807) is 28.0 Å². The highest BCUT2D eigenvalue weighted by Gasteiger charge is 2.22. The molecule has 1 aliphatic carbocycles. The molecule has 7 nitrogen and oxygen atoms in total. The Bertz CT molecular complexity index is 1350. The van der Waals surface area contributed by atoms with Crippen LogP contribution in [0.15, 0.2) is 39.0 Å². The Hall–Kier alpha value is -2.52. The number of aryl methyl sites for hydroxylation is 2. The number of hydrogen-bond donors (Lipinski definition) is 0. The van der Waals surface area contributed by atoms with Crippen molar-refractivity contribution in [1.29, 1.82) is 0 Å². The molecule has 3 heterocycles. The molecule has 1 aliphatic rings. The lowest BCUT2D eigenvalue weighted by molar-refractivity contribution is 0.619. The van der Waals surface area contributed by atoms with Crippen LogP contribution in [0, 0.1) is 0 Å². The van der Waals surface area contributed by atoms with Gasteiger partial charge in [-0.05, 0) is 50.3 Å². The van der Waals surface area contributed by atoms with E-state index in [0.717, 1.165) is 29.5 Å². The maximum Gasteiger partial charge on any atom is 0.278 e. The van der Waals surface area contributed by atoms with Crippen LogP contribution >= 0.6 is 23.1 Å². The van der Waals surface area contributed by atoms with E-state index >= 15 is 0 Å². The Morgan fingerprint density at radius 1 is 1.14 bits per heavy atom. The standard InChI is InChI=1S/C20H19N5O2S2/c1-2-24-19(27)16-13-8-4-6-10-15(13)29-17(16)21-20(24)28-11-25-18(26)12-7-3-5-9-14(12)22-23-25/h3,5,7,9H,2,4,6,8,10-11H2,1H3. The van der Waals surface area contributed by atoms with E-state index in [4.69, 9.17) is 4.98 Å². The summed E-state index contributed by atoms with van der Waals surface area (Å²) in [5.74, 6) is 0.250. The second-order valence-corrected chi connectivity index (χ2v) is 9.02. The molecular formula is C20H19N5O2S2. The summed E-state index contributed by atoms with van der Waals surface area (Å²) in [6.45, 7) is 2.48. The first-order chi connectivity index (χ1) is 14.2. The zero-order chi connectivity index (χ0) is 20.0. The van der Waals surface area contributed by atoms with Crippen LogP contribution in [0.4, 0.5) is 0 Å². The molecule has 148 valence electrons. The van der Waals surface area contributed by atoms with Gasteiger partial charge in [0, 0.05) is 11.4 Å². The predicted molar refractivity (Wildman–Crippen MR) is 116 cm³/mol. The molecule has 1 aromatic carbocycles. The number of thiophene rings is 1. The van der Waals surface area contributed by atoms with Gasteiger partial charge in [-0.2, -0.15) is 4.68 Å². The van der Waals surface area contributed by atoms with Gasteiger partial charge >= 0.3 is 0 Å². The van der Waals surface area contributed by atoms with Crippen LogP contribution in [0.5, 0.6) is 0 Å². The topological polar surface area (TPSA) is 82.7 Å². The van der Waals surface area contributed by atoms with E-state index < -0.39 is 0 Å². The van der Waals surface area contributed by atoms with Gasteiger partial charge in [-0.25, -0.2) is 4.98 Å². The van der Waals surface area contributed by atoms with E-state index in [1.807, 2.05) is 19.1 Å². The summed E-state index contributed by atoms with van der Waals surface area (Å²) in [7, 11) is 0. The first-order valence-corrected chi connectivity index (χ1v) is 11.5. The number of benzene rings is 1. The smallest absolute Gasteiger partial charge is 0.278 e. The Kier molecular flexibility index (Phi) is 4.71. The van der Waals surface area contributed by atoms with Crippen molar-refractivity contribution in [3.63, 3.8) is 0 Å². The van der Waals surface area contributed by atoms with Gasteiger partial charge in [-0.3, -0.25) is 14.2 Å². The lowest BCUT2D eigenvalue weighted by atomic mass is 9.97. The molecule has 0 fully saturated rings. The summed E-state index contributed by atoms with van der Waals surface area (Å²) in [6.07, 6.45) is 4.30. The van der Waals surface area contributed by atoms with E-state index in [9.17, 15) is 9.59 Å². The quantitative estimate of drug-likeness (QED) is 0.369. The molecule has 3 aromatic heterocycles. The SMILES string of the molecule is CCn1c(SCn2nnc3ccccc3c2=O)nc2sc3c(c2c1=O)CCCC3. The Balaban J connectivity index is 1.55. The number of hydrogen-bond acceptors (Lipinski definition) is 7. The minimum Gasteiger partial charge on any atom is -0.287 e. The van der Waals surface area contributed by atoms with Crippen LogP contribution < -0.4 is 11.1 Å². The summed E-state index contributed by atoms with van der Waals surface area (Å²) in [4.78, 5) is 32.8. The highest BCUT2D eigenvalue weighted by atomic mass is 32.2. The summed E-state index contributed by atoms with van der Waals surface area (Å²) in [5.41, 5.74) is 1.61. The van der Waals surface area contributed by atoms with Crippen molar-refractivity contribution in [3.05, 3.63) is 55.4 Å². The van der Waals surface area contributed by atoms with Crippen LogP contribution in [-0.4, -0.2) is 24.5 Å². The Morgan fingerprint density at radius 3 is 2.83 bits per heavy atom. The van der Waals surface area contributed by atoms with Crippen LogP contribution in [0.2, 0.25) is 0 Å². The third kappa shape index (κ3) is 3.08. The van der Waals surface area contributed by atoms with Gasteiger partial charge in [-0.1, -0.05) is 29.1 Å². The molecule has 0 radical (unpaired) electrons. The Morgan fingerprint density at radius 2 is 1.97 bits per heavy atom. The molecule has 0 saturated heterocycles. The van der Waals surface area contributed by atoms with Crippen LogP contribution in [0.25, 0.3) is 21.1 Å². The summed E-state index contributed by atoms with van der Waals surface area (Å²) in [5, 5.41) is 10.1. The van der Waals surface area contributed by atoms with Crippen molar-refractivity contribution in [2.75, 3.05) is 0 Å². The first kappa shape index (κ1) is 18.5. The molecule has 0 bridgehead atoms. The van der Waals surface area contributed by atoms with Gasteiger partial charge in [0.2, 0.25) is 0 Å². The number of fused-ring (bicyclic) bond motifs is 4. The third-order valence-electron chi connectivity index (χ3n) is 5.30. The molecule has 0 aliphatic heterocycles. The second kappa shape index (κ2) is 7.38. The third-order valence-corrected chi connectivity index (χ3v) is 7.43. The maximum atomic E-state index is 13.2. The van der Waals surface area contributed by atoms with Crippen LogP contribution in [-0.2, 0) is 25.3 Å². The summed E-state index contributed by atoms with van der Waals surface area (Å²) < 4.78 is 3.02. The molecule has 0 N–H and O–H groups in total. The van der Waals surface area contributed by atoms with Crippen molar-refractivity contribution in [3.8, 4) is 0 Å². The normalized spacial score (nSPS) is 13.8. The molecule has 29 heavy (non-hydrogen) atoms. The molecule has 0 amide bonds. The zero-order valence-corrected chi connectivity index (χ0v) is 17.6. The van der Waals surface area contributed by atoms with Crippen LogP contribution in [0.3, 0.4) is 0 Å². The molecule has 0 saturated carbocycles. The Labute approximate surface area is 174 Å². The second-order valence-electron chi connectivity index (χ2n) is 7.02. The van der Waals surface area contributed by atoms with Gasteiger partial charge in [-0.15, -0.1) is 16.4 Å². The molecular weight excluding hydrogens is 406 g/mol. The van der Waals surface area contributed by atoms with Crippen molar-refractivity contribution < 1.29 is 0 Å². The lowest BCUT2D eigenvalue weighted by Crippen LogP contribution is -2.25. The zero-order valence-electron chi connectivity index (χ0n) is 15.9. The van der Waals surface area contributed by atoms with Crippen molar-refractivity contribution >= 4 is 44.2 Å². The van der Waals surface area contributed by atoms with Crippen molar-refractivity contribution in [2.24, 2.45) is 0 Å². The van der Waals surface area contributed by atoms with Gasteiger partial charge in [0.05, 0.1) is 16.6 Å². The number of rotatable bonds is 4. The lowest BCUT2D eigenvalue weighted by Gasteiger charge is -2.12. The highest BCUT2D eigenvalue weighted by molar-refractivity contribution is 7.98. The monoisotopic (exact) mass is 425 g/mol. The van der Waals surface area contributed by atoms with Gasteiger partial charge in [0.15, 0.2) is 5.16 Å². The largest absolute Gasteiger partial charge is 0.287 e. The number of thioether (sulfide) groups is 1. The van der Waals surface area contributed by atoms with Gasteiger partial charge in [0.1, 0.15) is 10.3 Å². The van der Waals surface area contributed by atoms with Crippen molar-refractivity contribution in [1.82, 2.24) is 24.5 Å². The average Bonchev–Trinajstić information content (AvgIpc) is 3.12. The highest BCUT2D eigenvalue weighted by Crippen LogP contribution is 2.34. The molecule has 0 spiro atoms. The predicted octanol–water partition coefficient (Wildman–Crippen LogP) is 3.21. The van der Waals surface area contributed by atoms with E-state index in [2.05, 4.69) is 10.3 Å². The van der Waals surface area contributed by atoms with Crippen molar-refractivity contribution in [2.45, 2.75) is 50.2 Å². The molecule has 0 unspecified atom stereocenters. The average molecular weight is 426 g/mol. The maximum absolute atomic E-state index is 13.2. The molecule has 0 atom stereocenters. The van der Waals surface area contributed by atoms with E-state index in [-0.39, 0.29) is 17.0 Å². The number of aromatic nitrogens is 5. The molecule has 4 aromatic rings.